The topological polar surface area (TPSA) is 12.9 Å². The molecule has 0 N–H and O–H groups in total. The smallest absolute Gasteiger partial charge is 0.133 e. The second kappa shape index (κ2) is 3.87. The Balaban J connectivity index is 2.79. The van der Waals surface area contributed by atoms with E-state index in [0.717, 1.165) is 27.4 Å². The Labute approximate surface area is 96.2 Å². The molecular weight excluding hydrogens is 261 g/mol. The third kappa shape index (κ3) is 1.64. The van der Waals surface area contributed by atoms with Gasteiger partial charge in [-0.15, -0.1) is 0 Å². The SMILES string of the molecule is CCc1cc2cccc(Br)c2nc1Cl. The molecule has 0 radical (unpaired) electrons. The van der Waals surface area contributed by atoms with Crippen molar-refractivity contribution in [3.05, 3.63) is 39.5 Å². The first kappa shape index (κ1) is 9.94. The van der Waals surface area contributed by atoms with Gasteiger partial charge in [-0.1, -0.05) is 30.7 Å². The molecule has 1 aromatic heterocycles. The molecule has 0 aliphatic carbocycles. The van der Waals surface area contributed by atoms with Gasteiger partial charge in [0.1, 0.15) is 5.15 Å². The monoisotopic (exact) mass is 269 g/mol. The molecule has 0 aliphatic rings. The van der Waals surface area contributed by atoms with E-state index < -0.39 is 0 Å². The highest BCUT2D eigenvalue weighted by Gasteiger charge is 2.04. The summed E-state index contributed by atoms with van der Waals surface area (Å²) in [5.74, 6) is 0. The van der Waals surface area contributed by atoms with Gasteiger partial charge in [-0.05, 0) is 40.0 Å². The minimum atomic E-state index is 0.604. The first-order chi connectivity index (χ1) is 6.72. The van der Waals surface area contributed by atoms with E-state index in [9.17, 15) is 0 Å². The van der Waals surface area contributed by atoms with Crippen LogP contribution in [0.5, 0.6) is 0 Å². The van der Waals surface area contributed by atoms with E-state index in [4.69, 9.17) is 11.6 Å². The predicted molar refractivity (Wildman–Crippen MR) is 63.8 cm³/mol. The standard InChI is InChI=1S/C11H9BrClN/c1-2-7-6-8-4-3-5-9(12)10(8)14-11(7)13/h3-6H,2H2,1H3. The fraction of sp³-hybridized carbons (Fsp3) is 0.182. The average molecular weight is 271 g/mol. The van der Waals surface area contributed by atoms with Crippen LogP contribution in [0.4, 0.5) is 0 Å². The van der Waals surface area contributed by atoms with Gasteiger partial charge in [0.15, 0.2) is 0 Å². The summed E-state index contributed by atoms with van der Waals surface area (Å²) >= 11 is 9.50. The molecule has 0 unspecified atom stereocenters. The number of fused-ring (bicyclic) bond motifs is 1. The van der Waals surface area contributed by atoms with Crippen molar-refractivity contribution in [1.82, 2.24) is 4.98 Å². The third-order valence-electron chi connectivity index (χ3n) is 2.20. The quantitative estimate of drug-likeness (QED) is 0.707. The summed E-state index contributed by atoms with van der Waals surface area (Å²) in [6.45, 7) is 2.08. The molecule has 0 bridgehead atoms. The number of halogens is 2. The fourth-order valence-corrected chi connectivity index (χ4v) is 2.17. The van der Waals surface area contributed by atoms with Crippen LogP contribution in [0, 0.1) is 0 Å². The second-order valence-electron chi connectivity index (χ2n) is 3.10. The van der Waals surface area contributed by atoms with Crippen LogP contribution in [0.2, 0.25) is 5.15 Å². The lowest BCUT2D eigenvalue weighted by Crippen LogP contribution is -1.88. The zero-order valence-corrected chi connectivity index (χ0v) is 10.1. The van der Waals surface area contributed by atoms with Crippen molar-refractivity contribution in [2.75, 3.05) is 0 Å². The summed E-state index contributed by atoms with van der Waals surface area (Å²) in [4.78, 5) is 4.36. The molecule has 14 heavy (non-hydrogen) atoms. The van der Waals surface area contributed by atoms with Crippen molar-refractivity contribution >= 4 is 38.4 Å². The molecular formula is C11H9BrClN. The summed E-state index contributed by atoms with van der Waals surface area (Å²) in [5, 5.41) is 1.73. The predicted octanol–water partition coefficient (Wildman–Crippen LogP) is 4.21. The normalized spacial score (nSPS) is 10.8. The molecule has 1 aromatic carbocycles. The zero-order chi connectivity index (χ0) is 10.1. The highest BCUT2D eigenvalue weighted by molar-refractivity contribution is 9.10. The zero-order valence-electron chi connectivity index (χ0n) is 7.72. The Morgan fingerprint density at radius 3 is 2.93 bits per heavy atom. The molecule has 1 heterocycles. The number of hydrogen-bond donors (Lipinski definition) is 0. The number of aryl methyl sites for hydroxylation is 1. The molecule has 0 atom stereocenters. The Morgan fingerprint density at radius 2 is 2.21 bits per heavy atom. The van der Waals surface area contributed by atoms with Crippen LogP contribution in [-0.2, 0) is 6.42 Å². The number of nitrogens with zero attached hydrogens (tertiary/aromatic N) is 1. The van der Waals surface area contributed by atoms with Crippen LogP contribution < -0.4 is 0 Å². The average Bonchev–Trinajstić information content (AvgIpc) is 2.19. The minimum absolute atomic E-state index is 0.604. The maximum absolute atomic E-state index is 6.04. The van der Waals surface area contributed by atoms with Gasteiger partial charge in [0.05, 0.1) is 5.52 Å². The summed E-state index contributed by atoms with van der Waals surface area (Å²) in [5.41, 5.74) is 2.02. The van der Waals surface area contributed by atoms with Crippen LogP contribution in [0.25, 0.3) is 10.9 Å². The Bertz CT molecular complexity index is 482. The van der Waals surface area contributed by atoms with E-state index in [-0.39, 0.29) is 0 Å². The van der Waals surface area contributed by atoms with Gasteiger partial charge in [-0.3, -0.25) is 0 Å². The van der Waals surface area contributed by atoms with Gasteiger partial charge in [-0.25, -0.2) is 4.98 Å². The molecule has 0 saturated heterocycles. The van der Waals surface area contributed by atoms with E-state index in [2.05, 4.69) is 33.9 Å². The highest BCUT2D eigenvalue weighted by atomic mass is 79.9. The van der Waals surface area contributed by atoms with Crippen LogP contribution in [0.1, 0.15) is 12.5 Å². The number of pyridine rings is 1. The van der Waals surface area contributed by atoms with Gasteiger partial charge < -0.3 is 0 Å². The molecule has 1 nitrogen and oxygen atoms in total. The number of hydrogen-bond acceptors (Lipinski definition) is 1. The lowest BCUT2D eigenvalue weighted by Gasteiger charge is -2.04. The van der Waals surface area contributed by atoms with Gasteiger partial charge >= 0.3 is 0 Å². The highest BCUT2D eigenvalue weighted by Crippen LogP contribution is 2.26. The molecule has 0 amide bonds. The molecule has 72 valence electrons. The molecule has 0 saturated carbocycles. The number of aromatic nitrogens is 1. The van der Waals surface area contributed by atoms with Gasteiger partial charge in [0.2, 0.25) is 0 Å². The van der Waals surface area contributed by atoms with Crippen molar-refractivity contribution in [3.63, 3.8) is 0 Å². The Kier molecular flexibility index (Phi) is 2.75. The summed E-state index contributed by atoms with van der Waals surface area (Å²) in [6, 6.07) is 8.11. The van der Waals surface area contributed by atoms with Crippen molar-refractivity contribution in [2.45, 2.75) is 13.3 Å². The largest absolute Gasteiger partial charge is 0.235 e. The first-order valence-corrected chi connectivity index (χ1v) is 5.63. The Hall–Kier alpha value is -0.600. The molecule has 2 rings (SSSR count). The summed E-state index contributed by atoms with van der Waals surface area (Å²) < 4.78 is 0.986. The fourth-order valence-electron chi connectivity index (χ4n) is 1.43. The van der Waals surface area contributed by atoms with Gasteiger partial charge in [-0.2, -0.15) is 0 Å². The summed E-state index contributed by atoms with van der Waals surface area (Å²) in [6.07, 6.45) is 0.911. The Morgan fingerprint density at radius 1 is 1.43 bits per heavy atom. The molecule has 0 aliphatic heterocycles. The summed E-state index contributed by atoms with van der Waals surface area (Å²) in [7, 11) is 0. The number of rotatable bonds is 1. The van der Waals surface area contributed by atoms with Crippen molar-refractivity contribution in [1.29, 1.82) is 0 Å². The van der Waals surface area contributed by atoms with E-state index in [0.29, 0.717) is 5.15 Å². The van der Waals surface area contributed by atoms with E-state index >= 15 is 0 Å². The number of benzene rings is 1. The van der Waals surface area contributed by atoms with Crippen LogP contribution >= 0.6 is 27.5 Å². The second-order valence-corrected chi connectivity index (χ2v) is 4.32. The lowest BCUT2D eigenvalue weighted by atomic mass is 10.1. The lowest BCUT2D eigenvalue weighted by molar-refractivity contribution is 1.12. The van der Waals surface area contributed by atoms with Crippen LogP contribution in [-0.4, -0.2) is 4.98 Å². The maximum Gasteiger partial charge on any atom is 0.133 e. The minimum Gasteiger partial charge on any atom is -0.235 e. The van der Waals surface area contributed by atoms with Crippen molar-refractivity contribution in [3.8, 4) is 0 Å². The van der Waals surface area contributed by atoms with E-state index in [1.807, 2.05) is 18.2 Å². The number of para-hydroxylation sites is 1. The molecule has 2 aromatic rings. The molecule has 3 heteroatoms. The van der Waals surface area contributed by atoms with E-state index in [1.54, 1.807) is 0 Å². The van der Waals surface area contributed by atoms with Crippen LogP contribution in [0.3, 0.4) is 0 Å². The van der Waals surface area contributed by atoms with Crippen molar-refractivity contribution in [2.24, 2.45) is 0 Å². The van der Waals surface area contributed by atoms with Gasteiger partial charge in [0, 0.05) is 9.86 Å². The maximum atomic E-state index is 6.04. The molecule has 0 spiro atoms. The molecule has 0 fully saturated rings. The van der Waals surface area contributed by atoms with Gasteiger partial charge in [0.25, 0.3) is 0 Å². The van der Waals surface area contributed by atoms with Crippen LogP contribution in [0.15, 0.2) is 28.7 Å². The third-order valence-corrected chi connectivity index (χ3v) is 3.17. The van der Waals surface area contributed by atoms with Crippen molar-refractivity contribution < 1.29 is 0 Å². The van der Waals surface area contributed by atoms with E-state index in [1.165, 1.54) is 0 Å². The first-order valence-electron chi connectivity index (χ1n) is 4.46.